The van der Waals surface area contributed by atoms with Crippen molar-refractivity contribution in [3.05, 3.63) is 108 Å². The molecule has 9 heteroatoms. The Kier molecular flexibility index (Phi) is 11.1. The highest BCUT2D eigenvalue weighted by molar-refractivity contribution is 8.17. The smallest absolute Gasteiger partial charge is 0.161 e. The molecule has 0 aromatic heterocycles. The largest absolute Gasteiger partial charge is 0.369 e. The summed E-state index contributed by atoms with van der Waals surface area (Å²) < 4.78 is 27.8. The third-order valence-corrected chi connectivity index (χ3v) is 12.1. The molecule has 6 rings (SSSR count). The van der Waals surface area contributed by atoms with Crippen LogP contribution in [0.5, 0.6) is 0 Å². The van der Waals surface area contributed by atoms with Crippen molar-refractivity contribution < 1.29 is 18.9 Å². The summed E-state index contributed by atoms with van der Waals surface area (Å²) in [6.07, 6.45) is 0.00453. The van der Waals surface area contributed by atoms with Crippen molar-refractivity contribution in [3.8, 4) is 0 Å². The van der Waals surface area contributed by atoms with E-state index in [2.05, 4.69) is 77.7 Å². The van der Waals surface area contributed by atoms with Gasteiger partial charge in [-0.1, -0.05) is 103 Å². The molecule has 3 aromatic carbocycles. The highest BCUT2D eigenvalue weighted by atomic mass is 32.2. The number of hydrogen-bond acceptors (Lipinski definition) is 9. The number of hydrogen-bond donors (Lipinski definition) is 0. The first-order valence-corrected chi connectivity index (χ1v) is 17.9. The molecule has 0 spiro atoms. The van der Waals surface area contributed by atoms with Gasteiger partial charge in [-0.15, -0.1) is 23.5 Å². The van der Waals surface area contributed by atoms with Crippen molar-refractivity contribution in [3.63, 3.8) is 0 Å². The molecule has 3 aliphatic rings. The summed E-state index contributed by atoms with van der Waals surface area (Å²) in [5, 5.41) is 0.953. The van der Waals surface area contributed by atoms with Crippen LogP contribution in [0.15, 0.2) is 96.0 Å². The number of amidine groups is 1. The van der Waals surface area contributed by atoms with Gasteiger partial charge in [-0.2, -0.15) is 0 Å². The van der Waals surface area contributed by atoms with E-state index in [1.54, 1.807) is 11.8 Å². The second kappa shape index (κ2) is 15.3. The van der Waals surface area contributed by atoms with Gasteiger partial charge in [-0.05, 0) is 34.6 Å². The zero-order valence-electron chi connectivity index (χ0n) is 24.7. The van der Waals surface area contributed by atoms with Crippen LogP contribution in [-0.4, -0.2) is 76.1 Å². The number of fused-ring (bicyclic) bond motifs is 1. The van der Waals surface area contributed by atoms with Crippen LogP contribution >= 0.6 is 35.3 Å². The molecular formula is C34H40N2O4S3. The Balaban J connectivity index is 1.34. The molecule has 0 amide bonds. The van der Waals surface area contributed by atoms with Crippen molar-refractivity contribution in [2.45, 2.75) is 66.7 Å². The zero-order valence-corrected chi connectivity index (χ0v) is 27.1. The number of thioether (sulfide) groups is 3. The Morgan fingerprint density at radius 1 is 0.767 bits per heavy atom. The van der Waals surface area contributed by atoms with E-state index in [4.69, 9.17) is 23.9 Å². The maximum absolute atomic E-state index is 7.04. The molecule has 0 bridgehead atoms. The van der Waals surface area contributed by atoms with E-state index in [0.29, 0.717) is 19.8 Å². The summed E-state index contributed by atoms with van der Waals surface area (Å²) in [6, 6.07) is 30.9. The average Bonchev–Trinajstić information content (AvgIpc) is 3.50. The predicted molar refractivity (Wildman–Crippen MR) is 180 cm³/mol. The first kappa shape index (κ1) is 31.0. The van der Waals surface area contributed by atoms with Crippen LogP contribution in [0.1, 0.15) is 23.1 Å². The molecule has 2 saturated heterocycles. The Hall–Kier alpha value is -1.98. The topological polar surface area (TPSA) is 52.5 Å². The molecule has 0 saturated carbocycles. The van der Waals surface area contributed by atoms with Gasteiger partial charge in [0, 0.05) is 14.1 Å². The van der Waals surface area contributed by atoms with Gasteiger partial charge in [0.05, 0.1) is 24.4 Å². The lowest BCUT2D eigenvalue weighted by Gasteiger charge is -2.47. The summed E-state index contributed by atoms with van der Waals surface area (Å²) in [4.78, 5) is 7.19. The molecule has 6 nitrogen and oxygen atoms in total. The molecule has 3 aliphatic heterocycles. The maximum atomic E-state index is 7.04. The summed E-state index contributed by atoms with van der Waals surface area (Å²) in [6.45, 7) is 1.46. The van der Waals surface area contributed by atoms with Crippen molar-refractivity contribution in [1.29, 1.82) is 0 Å². The fourth-order valence-corrected chi connectivity index (χ4v) is 9.75. The van der Waals surface area contributed by atoms with Gasteiger partial charge in [-0.3, -0.25) is 4.99 Å². The molecular weight excluding hydrogens is 597 g/mol. The second-order valence-corrected chi connectivity index (χ2v) is 15.0. The molecule has 228 valence electrons. The molecule has 3 aromatic rings. The van der Waals surface area contributed by atoms with Crippen LogP contribution in [0.2, 0.25) is 0 Å². The lowest BCUT2D eigenvalue weighted by atomic mass is 9.94. The van der Waals surface area contributed by atoms with Gasteiger partial charge in [-0.25, -0.2) is 0 Å². The molecule has 3 heterocycles. The average molecular weight is 637 g/mol. The van der Waals surface area contributed by atoms with Crippen LogP contribution in [0.3, 0.4) is 0 Å². The number of nitrogens with zero attached hydrogens (tertiary/aromatic N) is 2. The monoisotopic (exact) mass is 636 g/mol. The van der Waals surface area contributed by atoms with Crippen molar-refractivity contribution >= 4 is 40.5 Å². The van der Waals surface area contributed by atoms with Crippen LogP contribution in [0.25, 0.3) is 0 Å². The minimum absolute atomic E-state index is 0.179. The third kappa shape index (κ3) is 8.00. The van der Waals surface area contributed by atoms with Crippen LogP contribution in [-0.2, 0) is 38.8 Å². The van der Waals surface area contributed by atoms with Crippen molar-refractivity contribution in [2.75, 3.05) is 25.6 Å². The predicted octanol–water partition coefficient (Wildman–Crippen LogP) is 6.70. The minimum Gasteiger partial charge on any atom is -0.369 e. The molecule has 0 N–H and O–H groups in total. The Labute approximate surface area is 268 Å². The van der Waals surface area contributed by atoms with E-state index in [-0.39, 0.29) is 40.5 Å². The van der Waals surface area contributed by atoms with E-state index in [9.17, 15) is 0 Å². The van der Waals surface area contributed by atoms with Gasteiger partial charge in [0.15, 0.2) is 5.17 Å². The normalized spacial score (nSPS) is 26.5. The summed E-state index contributed by atoms with van der Waals surface area (Å²) in [5.74, 6) is 2.24. The van der Waals surface area contributed by atoms with Crippen LogP contribution in [0.4, 0.5) is 0 Å². The number of benzene rings is 3. The lowest BCUT2D eigenvalue weighted by molar-refractivity contribution is -0.225. The summed E-state index contributed by atoms with van der Waals surface area (Å²) >= 11 is 5.63. The van der Waals surface area contributed by atoms with Crippen molar-refractivity contribution in [2.24, 2.45) is 4.99 Å². The van der Waals surface area contributed by atoms with E-state index in [1.165, 1.54) is 6.42 Å². The van der Waals surface area contributed by atoms with E-state index >= 15 is 0 Å². The standard InChI is InChI=1S/C34H40N2O4S3/c1-36(2)34-35-27-28(37-21-24-13-6-3-7-14-24)29(38-22-25-15-8-4-9-16-25)30(40-32(27)43-34)31(33-41-19-12-20-42-33)39-23-26-17-10-5-11-18-26/h3-11,13-18,27-33H,12,19-23H2,1-2H3/t27-,28-,29+,30+,31?,32-/m1/s1. The van der Waals surface area contributed by atoms with Gasteiger partial charge < -0.3 is 23.8 Å². The Bertz CT molecular complexity index is 1290. The second-order valence-electron chi connectivity index (χ2n) is 11.1. The molecule has 1 unspecified atom stereocenters. The van der Waals surface area contributed by atoms with Gasteiger partial charge >= 0.3 is 0 Å². The fourth-order valence-electron chi connectivity index (χ4n) is 5.54. The number of rotatable bonds is 11. The lowest BCUT2D eigenvalue weighted by Crippen LogP contribution is -2.61. The zero-order chi connectivity index (χ0) is 29.4. The SMILES string of the molecule is CN(C)C1=N[C@@H]2[C@@H](OCc3ccccc3)[C@H](OCc3ccccc3)[C@@H](C(OCc3ccccc3)C3SCCCS3)O[C@@H]2S1. The van der Waals surface area contributed by atoms with Gasteiger partial charge in [0.25, 0.3) is 0 Å². The highest BCUT2D eigenvalue weighted by Crippen LogP contribution is 2.44. The van der Waals surface area contributed by atoms with E-state index < -0.39 is 0 Å². The maximum Gasteiger partial charge on any atom is 0.161 e. The third-order valence-electron chi connectivity index (χ3n) is 7.72. The Morgan fingerprint density at radius 3 is 1.86 bits per heavy atom. The van der Waals surface area contributed by atoms with Crippen LogP contribution < -0.4 is 0 Å². The summed E-state index contributed by atoms with van der Waals surface area (Å²) in [5.41, 5.74) is 3.22. The van der Waals surface area contributed by atoms with Gasteiger partial charge in [0.2, 0.25) is 0 Å². The highest BCUT2D eigenvalue weighted by Gasteiger charge is 2.54. The van der Waals surface area contributed by atoms with E-state index in [1.807, 2.05) is 55.8 Å². The molecule has 0 aliphatic carbocycles. The fraction of sp³-hybridized carbons (Fsp3) is 0.441. The molecule has 6 atom stereocenters. The number of ether oxygens (including phenoxy) is 4. The molecule has 0 radical (unpaired) electrons. The molecule has 43 heavy (non-hydrogen) atoms. The number of aliphatic imine (C=N–C) groups is 1. The Morgan fingerprint density at radius 2 is 1.30 bits per heavy atom. The van der Waals surface area contributed by atoms with Crippen LogP contribution in [0, 0.1) is 0 Å². The minimum atomic E-state index is -0.375. The summed E-state index contributed by atoms with van der Waals surface area (Å²) in [7, 11) is 4.07. The van der Waals surface area contributed by atoms with E-state index in [0.717, 1.165) is 33.4 Å². The molecule has 2 fully saturated rings. The van der Waals surface area contributed by atoms with Crippen molar-refractivity contribution in [1.82, 2.24) is 4.90 Å². The quantitative estimate of drug-likeness (QED) is 0.231. The van der Waals surface area contributed by atoms with Gasteiger partial charge in [0.1, 0.15) is 35.9 Å². The first-order valence-electron chi connectivity index (χ1n) is 14.9. The first-order chi connectivity index (χ1) is 21.2.